The highest BCUT2D eigenvalue weighted by molar-refractivity contribution is 14.0. The smallest absolute Gasteiger partial charge is 0.191 e. The van der Waals surface area contributed by atoms with E-state index < -0.39 is 0 Å². The number of rotatable bonds is 8. The molecule has 1 aromatic carbocycles. The van der Waals surface area contributed by atoms with Gasteiger partial charge in [0, 0.05) is 25.0 Å². The Morgan fingerprint density at radius 3 is 2.68 bits per heavy atom. The first-order valence-electron chi connectivity index (χ1n) is 9.59. The van der Waals surface area contributed by atoms with E-state index in [4.69, 9.17) is 9.47 Å². The van der Waals surface area contributed by atoms with Gasteiger partial charge in [-0.3, -0.25) is 4.99 Å². The van der Waals surface area contributed by atoms with Crippen LogP contribution in [0.2, 0.25) is 0 Å². The van der Waals surface area contributed by atoms with Crippen LogP contribution in [0.1, 0.15) is 36.1 Å². The van der Waals surface area contributed by atoms with Gasteiger partial charge in [0.05, 0.1) is 13.2 Å². The second-order valence-electron chi connectivity index (χ2n) is 6.69. The molecule has 154 valence electrons. The lowest BCUT2D eigenvalue weighted by Gasteiger charge is -2.17. The van der Waals surface area contributed by atoms with Gasteiger partial charge < -0.3 is 20.1 Å². The van der Waals surface area contributed by atoms with Crippen LogP contribution in [-0.4, -0.2) is 32.8 Å². The summed E-state index contributed by atoms with van der Waals surface area (Å²) in [6, 6.07) is 10.4. The Morgan fingerprint density at radius 2 is 2.00 bits per heavy atom. The van der Waals surface area contributed by atoms with Gasteiger partial charge in [-0.05, 0) is 61.2 Å². The van der Waals surface area contributed by atoms with Gasteiger partial charge in [-0.25, -0.2) is 0 Å². The van der Waals surface area contributed by atoms with Gasteiger partial charge in [0.1, 0.15) is 0 Å². The van der Waals surface area contributed by atoms with Crippen LogP contribution in [0.25, 0.3) is 0 Å². The predicted octanol–water partition coefficient (Wildman–Crippen LogP) is 4.60. The molecule has 0 atom stereocenters. The Balaban J connectivity index is 0.00000280. The van der Waals surface area contributed by atoms with Crippen molar-refractivity contribution < 1.29 is 9.47 Å². The fourth-order valence-corrected chi connectivity index (χ4v) is 3.98. The molecule has 2 N–H and O–H groups in total. The molecule has 28 heavy (non-hydrogen) atoms. The number of halogens is 1. The Bertz CT molecular complexity index is 731. The van der Waals surface area contributed by atoms with Crippen molar-refractivity contribution in [2.75, 3.05) is 20.7 Å². The van der Waals surface area contributed by atoms with Gasteiger partial charge in [-0.15, -0.1) is 35.3 Å². The molecule has 1 aliphatic carbocycles. The summed E-state index contributed by atoms with van der Waals surface area (Å²) in [6.45, 7) is 1.54. The summed E-state index contributed by atoms with van der Waals surface area (Å²) in [4.78, 5) is 5.67. The van der Waals surface area contributed by atoms with Gasteiger partial charge in [0.25, 0.3) is 0 Å². The first-order chi connectivity index (χ1) is 13.3. The first-order valence-corrected chi connectivity index (χ1v) is 10.5. The molecule has 0 radical (unpaired) electrons. The zero-order valence-electron chi connectivity index (χ0n) is 16.6. The Hall–Kier alpha value is -1.48. The fourth-order valence-electron chi connectivity index (χ4n) is 3.27. The van der Waals surface area contributed by atoms with Gasteiger partial charge >= 0.3 is 0 Å². The van der Waals surface area contributed by atoms with Crippen molar-refractivity contribution in [2.45, 2.75) is 44.8 Å². The van der Waals surface area contributed by atoms with E-state index in [0.717, 1.165) is 48.8 Å². The average Bonchev–Trinajstić information content (AvgIpc) is 3.39. The van der Waals surface area contributed by atoms with Gasteiger partial charge in [-0.2, -0.15) is 0 Å². The summed E-state index contributed by atoms with van der Waals surface area (Å²) in [7, 11) is 3.48. The highest BCUT2D eigenvalue weighted by atomic mass is 127. The molecule has 1 aromatic heterocycles. The molecule has 1 aliphatic rings. The van der Waals surface area contributed by atoms with Crippen LogP contribution in [0.5, 0.6) is 11.5 Å². The Kier molecular flexibility index (Phi) is 9.91. The fraction of sp³-hybridized carbons (Fsp3) is 0.476. The summed E-state index contributed by atoms with van der Waals surface area (Å²) in [6.07, 6.45) is 6.12. The largest absolute Gasteiger partial charge is 0.493 e. The standard InChI is InChI=1S/C21H29N3O2S.HI/c1-22-21(23-12-11-18-8-5-13-27-18)24-15-16-9-10-19(20(14-16)25-2)26-17-6-3-4-7-17;/h5,8-10,13-14,17H,3-4,6-7,11-12,15H2,1-2H3,(H2,22,23,24);1H. The molecule has 3 rings (SSSR count). The van der Waals surface area contributed by atoms with Crippen LogP contribution < -0.4 is 20.1 Å². The van der Waals surface area contributed by atoms with Crippen LogP contribution in [0.3, 0.4) is 0 Å². The van der Waals surface area contributed by atoms with Crippen molar-refractivity contribution in [3.05, 3.63) is 46.2 Å². The van der Waals surface area contributed by atoms with Crippen LogP contribution in [0.15, 0.2) is 40.7 Å². The second kappa shape index (κ2) is 12.2. The van der Waals surface area contributed by atoms with Crippen molar-refractivity contribution in [2.24, 2.45) is 4.99 Å². The van der Waals surface area contributed by atoms with Crippen LogP contribution in [0, 0.1) is 0 Å². The molecule has 1 saturated carbocycles. The molecule has 1 fully saturated rings. The summed E-state index contributed by atoms with van der Waals surface area (Å²) in [5, 5.41) is 8.82. The topological polar surface area (TPSA) is 54.9 Å². The quantitative estimate of drug-likeness (QED) is 0.307. The number of hydrogen-bond donors (Lipinski definition) is 2. The van der Waals surface area contributed by atoms with E-state index in [2.05, 4.69) is 39.2 Å². The lowest BCUT2D eigenvalue weighted by molar-refractivity contribution is 0.200. The number of nitrogens with one attached hydrogen (secondary N) is 2. The molecule has 0 unspecified atom stereocenters. The molecule has 0 bridgehead atoms. The third-order valence-electron chi connectivity index (χ3n) is 4.75. The lowest BCUT2D eigenvalue weighted by atomic mass is 10.2. The van der Waals surface area contributed by atoms with E-state index in [1.54, 1.807) is 25.5 Å². The van der Waals surface area contributed by atoms with E-state index in [0.29, 0.717) is 12.6 Å². The summed E-state index contributed by atoms with van der Waals surface area (Å²) >= 11 is 1.78. The number of thiophene rings is 1. The SMILES string of the molecule is CN=C(NCCc1cccs1)NCc1ccc(OC2CCCC2)c(OC)c1.I. The number of benzene rings is 1. The van der Waals surface area contributed by atoms with E-state index in [1.807, 2.05) is 12.1 Å². The van der Waals surface area contributed by atoms with Crippen LogP contribution in [0.4, 0.5) is 0 Å². The Labute approximate surface area is 189 Å². The highest BCUT2D eigenvalue weighted by Crippen LogP contribution is 2.32. The number of guanidine groups is 1. The maximum absolute atomic E-state index is 6.11. The van der Waals surface area contributed by atoms with Crippen LogP contribution in [-0.2, 0) is 13.0 Å². The zero-order valence-corrected chi connectivity index (χ0v) is 19.7. The average molecular weight is 515 g/mol. The molecule has 0 spiro atoms. The zero-order chi connectivity index (χ0) is 18.9. The van der Waals surface area contributed by atoms with Crippen LogP contribution >= 0.6 is 35.3 Å². The molecule has 0 saturated heterocycles. The molecule has 0 amide bonds. The van der Waals surface area contributed by atoms with E-state index in [1.165, 1.54) is 17.7 Å². The first kappa shape index (κ1) is 22.8. The minimum atomic E-state index is 0. The summed E-state index contributed by atoms with van der Waals surface area (Å²) in [5.41, 5.74) is 1.13. The number of methoxy groups -OCH3 is 1. The molecule has 7 heteroatoms. The van der Waals surface area contributed by atoms with Gasteiger partial charge in [0.15, 0.2) is 17.5 Å². The molecule has 2 aromatic rings. The lowest BCUT2D eigenvalue weighted by Crippen LogP contribution is -2.37. The molecule has 0 aliphatic heterocycles. The van der Waals surface area contributed by atoms with Crippen molar-refractivity contribution in [1.29, 1.82) is 0 Å². The third kappa shape index (κ3) is 6.84. The van der Waals surface area contributed by atoms with Gasteiger partial charge in [-0.1, -0.05) is 12.1 Å². The molecular weight excluding hydrogens is 485 g/mol. The second-order valence-corrected chi connectivity index (χ2v) is 7.72. The number of hydrogen-bond acceptors (Lipinski definition) is 4. The van der Waals surface area contributed by atoms with Crippen molar-refractivity contribution in [1.82, 2.24) is 10.6 Å². The number of ether oxygens (including phenoxy) is 2. The Morgan fingerprint density at radius 1 is 1.18 bits per heavy atom. The molecule has 1 heterocycles. The molecule has 5 nitrogen and oxygen atoms in total. The van der Waals surface area contributed by atoms with Gasteiger partial charge in [0.2, 0.25) is 0 Å². The minimum absolute atomic E-state index is 0. The van der Waals surface area contributed by atoms with Crippen molar-refractivity contribution in [3.63, 3.8) is 0 Å². The van der Waals surface area contributed by atoms with E-state index >= 15 is 0 Å². The summed E-state index contributed by atoms with van der Waals surface area (Å²) in [5.74, 6) is 2.44. The summed E-state index contributed by atoms with van der Waals surface area (Å²) < 4.78 is 11.6. The predicted molar refractivity (Wildman–Crippen MR) is 128 cm³/mol. The maximum atomic E-state index is 6.11. The van der Waals surface area contributed by atoms with E-state index in [-0.39, 0.29) is 24.0 Å². The number of aliphatic imine (C=N–C) groups is 1. The van der Waals surface area contributed by atoms with E-state index in [9.17, 15) is 0 Å². The molecular formula is C21H30IN3O2S. The number of nitrogens with zero attached hydrogens (tertiary/aromatic N) is 1. The maximum Gasteiger partial charge on any atom is 0.191 e. The van der Waals surface area contributed by atoms with Crippen molar-refractivity contribution >= 4 is 41.3 Å². The minimum Gasteiger partial charge on any atom is -0.493 e. The highest BCUT2D eigenvalue weighted by Gasteiger charge is 2.18. The monoisotopic (exact) mass is 515 g/mol. The van der Waals surface area contributed by atoms with Crippen molar-refractivity contribution in [3.8, 4) is 11.5 Å². The third-order valence-corrected chi connectivity index (χ3v) is 5.69. The normalized spacial score (nSPS) is 14.4.